The van der Waals surface area contributed by atoms with Gasteiger partial charge < -0.3 is 4.90 Å². The lowest BCUT2D eigenvalue weighted by Gasteiger charge is -2.14. The Balaban J connectivity index is 2.79. The monoisotopic (exact) mass is 161 g/mol. The Bertz CT molecular complexity index is 258. The highest BCUT2D eigenvalue weighted by molar-refractivity contribution is 5.48. The molecule has 0 aliphatic carbocycles. The van der Waals surface area contributed by atoms with Gasteiger partial charge in [0.15, 0.2) is 0 Å². The van der Waals surface area contributed by atoms with Crippen LogP contribution in [0, 0.1) is 0 Å². The van der Waals surface area contributed by atoms with E-state index in [-0.39, 0.29) is 0 Å². The molecule has 0 radical (unpaired) electrons. The van der Waals surface area contributed by atoms with Crippen molar-refractivity contribution in [2.75, 3.05) is 11.9 Å². The Hall–Kier alpha value is -1.24. The summed E-state index contributed by atoms with van der Waals surface area (Å²) in [4.78, 5) is 2.12. The zero-order valence-electron chi connectivity index (χ0n) is 7.91. The lowest BCUT2D eigenvalue weighted by atomic mass is 10.3. The lowest BCUT2D eigenvalue weighted by molar-refractivity contribution is 1.16. The maximum atomic E-state index is 2.12. The number of nitrogens with zero attached hydrogens (tertiary/aromatic N) is 1. The molecule has 0 atom stereocenters. The first-order valence-electron chi connectivity index (χ1n) is 4.13. The van der Waals surface area contributed by atoms with E-state index in [0.717, 1.165) is 0 Å². The van der Waals surface area contributed by atoms with Gasteiger partial charge in [-0.25, -0.2) is 0 Å². The van der Waals surface area contributed by atoms with E-state index in [0.29, 0.717) is 0 Å². The predicted octanol–water partition coefficient (Wildman–Crippen LogP) is 3.05. The van der Waals surface area contributed by atoms with Gasteiger partial charge in [-0.05, 0) is 26.0 Å². The number of anilines is 1. The van der Waals surface area contributed by atoms with Crippen molar-refractivity contribution < 1.29 is 0 Å². The van der Waals surface area contributed by atoms with Crippen molar-refractivity contribution >= 4 is 5.69 Å². The molecule has 1 aromatic rings. The van der Waals surface area contributed by atoms with Gasteiger partial charge in [0.05, 0.1) is 0 Å². The minimum atomic E-state index is 1.22. The second-order valence-electron chi connectivity index (χ2n) is 3.15. The minimum absolute atomic E-state index is 1.22. The zero-order chi connectivity index (χ0) is 8.97. The third-order valence-electron chi connectivity index (χ3n) is 1.62. The van der Waals surface area contributed by atoms with Crippen LogP contribution in [0.1, 0.15) is 13.8 Å². The number of allylic oxidation sites excluding steroid dienone is 1. The molecule has 0 spiro atoms. The molecule has 12 heavy (non-hydrogen) atoms. The van der Waals surface area contributed by atoms with Crippen LogP contribution in [0.25, 0.3) is 0 Å². The molecule has 1 nitrogen and oxygen atoms in total. The molecular weight excluding hydrogens is 146 g/mol. The van der Waals surface area contributed by atoms with E-state index in [1.54, 1.807) is 0 Å². The van der Waals surface area contributed by atoms with Crippen LogP contribution in [-0.4, -0.2) is 7.05 Å². The molecule has 0 aromatic heterocycles. The molecule has 0 heterocycles. The Kier molecular flexibility index (Phi) is 2.92. The molecule has 64 valence electrons. The number of benzene rings is 1. The Labute approximate surface area is 74.3 Å². The van der Waals surface area contributed by atoms with Crippen LogP contribution in [0.3, 0.4) is 0 Å². The van der Waals surface area contributed by atoms with Crippen LogP contribution in [0.5, 0.6) is 0 Å². The average molecular weight is 161 g/mol. The van der Waals surface area contributed by atoms with E-state index in [9.17, 15) is 0 Å². The summed E-state index contributed by atoms with van der Waals surface area (Å²) >= 11 is 0. The molecular formula is C11H15N. The molecule has 1 heteroatoms. The number of para-hydroxylation sites is 1. The van der Waals surface area contributed by atoms with Crippen LogP contribution in [0.15, 0.2) is 42.1 Å². The SMILES string of the molecule is CC(C)=CN(C)c1ccccc1. The quantitative estimate of drug-likeness (QED) is 0.644. The standard InChI is InChI=1S/C11H15N/c1-10(2)9-12(3)11-7-5-4-6-8-11/h4-9H,1-3H3. The first-order chi connectivity index (χ1) is 5.70. The van der Waals surface area contributed by atoms with Gasteiger partial charge >= 0.3 is 0 Å². The molecule has 0 saturated heterocycles. The fourth-order valence-corrected chi connectivity index (χ4v) is 1.12. The first kappa shape index (κ1) is 8.85. The van der Waals surface area contributed by atoms with Crippen LogP contribution < -0.4 is 4.90 Å². The summed E-state index contributed by atoms with van der Waals surface area (Å²) < 4.78 is 0. The molecule has 1 rings (SSSR count). The van der Waals surface area contributed by atoms with E-state index in [1.165, 1.54) is 11.3 Å². The third kappa shape index (κ3) is 2.42. The fraction of sp³-hybridized carbons (Fsp3) is 0.273. The summed E-state index contributed by atoms with van der Waals surface area (Å²) in [6.07, 6.45) is 2.12. The molecule has 0 aliphatic rings. The van der Waals surface area contributed by atoms with Gasteiger partial charge in [-0.1, -0.05) is 23.8 Å². The average Bonchev–Trinajstić information content (AvgIpc) is 2.05. The summed E-state index contributed by atoms with van der Waals surface area (Å²) in [7, 11) is 2.06. The Morgan fingerprint density at radius 3 is 2.25 bits per heavy atom. The molecule has 0 N–H and O–H groups in total. The number of hydrogen-bond donors (Lipinski definition) is 0. The van der Waals surface area contributed by atoms with E-state index < -0.39 is 0 Å². The van der Waals surface area contributed by atoms with Crippen molar-refractivity contribution in [2.24, 2.45) is 0 Å². The van der Waals surface area contributed by atoms with Crippen molar-refractivity contribution in [1.29, 1.82) is 0 Å². The highest BCUT2D eigenvalue weighted by Gasteiger charge is 1.93. The van der Waals surface area contributed by atoms with Gasteiger partial charge in [-0.2, -0.15) is 0 Å². The van der Waals surface area contributed by atoms with Crippen molar-refractivity contribution in [3.05, 3.63) is 42.1 Å². The van der Waals surface area contributed by atoms with Crippen LogP contribution in [0.2, 0.25) is 0 Å². The van der Waals surface area contributed by atoms with Crippen molar-refractivity contribution in [3.8, 4) is 0 Å². The smallest absolute Gasteiger partial charge is 0.0403 e. The van der Waals surface area contributed by atoms with Crippen LogP contribution in [-0.2, 0) is 0 Å². The third-order valence-corrected chi connectivity index (χ3v) is 1.62. The molecule has 1 aromatic carbocycles. The van der Waals surface area contributed by atoms with Gasteiger partial charge in [0, 0.05) is 18.9 Å². The van der Waals surface area contributed by atoms with Crippen molar-refractivity contribution in [3.63, 3.8) is 0 Å². The molecule has 0 fully saturated rings. The van der Waals surface area contributed by atoms with Gasteiger partial charge in [0.2, 0.25) is 0 Å². The Morgan fingerprint density at radius 2 is 1.75 bits per heavy atom. The second-order valence-corrected chi connectivity index (χ2v) is 3.15. The number of rotatable bonds is 2. The van der Waals surface area contributed by atoms with Gasteiger partial charge in [-0.3, -0.25) is 0 Å². The summed E-state index contributed by atoms with van der Waals surface area (Å²) in [6.45, 7) is 4.19. The van der Waals surface area contributed by atoms with Crippen LogP contribution >= 0.6 is 0 Å². The van der Waals surface area contributed by atoms with Gasteiger partial charge in [-0.15, -0.1) is 0 Å². The van der Waals surface area contributed by atoms with E-state index in [1.807, 2.05) is 18.2 Å². The number of hydrogen-bond acceptors (Lipinski definition) is 1. The highest BCUT2D eigenvalue weighted by Crippen LogP contribution is 2.11. The van der Waals surface area contributed by atoms with E-state index >= 15 is 0 Å². The molecule has 0 bridgehead atoms. The summed E-state index contributed by atoms with van der Waals surface area (Å²) in [5.74, 6) is 0. The fourth-order valence-electron chi connectivity index (χ4n) is 1.12. The molecule has 0 aliphatic heterocycles. The Morgan fingerprint density at radius 1 is 1.17 bits per heavy atom. The first-order valence-corrected chi connectivity index (χ1v) is 4.13. The molecule has 0 unspecified atom stereocenters. The molecule has 0 amide bonds. The summed E-state index contributed by atoms with van der Waals surface area (Å²) in [5, 5.41) is 0. The van der Waals surface area contributed by atoms with E-state index in [2.05, 4.69) is 44.1 Å². The zero-order valence-corrected chi connectivity index (χ0v) is 7.91. The highest BCUT2D eigenvalue weighted by atomic mass is 15.1. The summed E-state index contributed by atoms with van der Waals surface area (Å²) in [5.41, 5.74) is 2.53. The van der Waals surface area contributed by atoms with Gasteiger partial charge in [0.25, 0.3) is 0 Å². The van der Waals surface area contributed by atoms with Crippen molar-refractivity contribution in [1.82, 2.24) is 0 Å². The topological polar surface area (TPSA) is 3.24 Å². The van der Waals surface area contributed by atoms with Gasteiger partial charge in [0.1, 0.15) is 0 Å². The van der Waals surface area contributed by atoms with Crippen LogP contribution in [0.4, 0.5) is 5.69 Å². The second kappa shape index (κ2) is 3.96. The van der Waals surface area contributed by atoms with Crippen molar-refractivity contribution in [2.45, 2.75) is 13.8 Å². The lowest BCUT2D eigenvalue weighted by Crippen LogP contribution is -2.07. The maximum absolute atomic E-state index is 2.12. The van der Waals surface area contributed by atoms with E-state index in [4.69, 9.17) is 0 Å². The predicted molar refractivity (Wildman–Crippen MR) is 54.3 cm³/mol. The normalized spacial score (nSPS) is 9.25. The minimum Gasteiger partial charge on any atom is -0.351 e. The summed E-state index contributed by atoms with van der Waals surface area (Å²) in [6, 6.07) is 10.3. The largest absolute Gasteiger partial charge is 0.351 e. The molecule has 0 saturated carbocycles. The maximum Gasteiger partial charge on any atom is 0.0403 e.